The summed E-state index contributed by atoms with van der Waals surface area (Å²) in [6.45, 7) is 4.71. The summed E-state index contributed by atoms with van der Waals surface area (Å²) in [4.78, 5) is 1.10. The van der Waals surface area contributed by atoms with Gasteiger partial charge >= 0.3 is 0 Å². The van der Waals surface area contributed by atoms with Gasteiger partial charge in [-0.1, -0.05) is 19.1 Å². The lowest BCUT2D eigenvalue weighted by molar-refractivity contribution is 0.173. The van der Waals surface area contributed by atoms with Crippen LogP contribution in [0, 0.1) is 0 Å². The van der Waals surface area contributed by atoms with Crippen LogP contribution in [0.5, 0.6) is 11.5 Å². The Morgan fingerprint density at radius 1 is 1.19 bits per heavy atom. The molecule has 0 amide bonds. The van der Waals surface area contributed by atoms with Gasteiger partial charge in [-0.05, 0) is 53.5 Å². The molecule has 0 bridgehead atoms. The Morgan fingerprint density at radius 3 is 2.48 bits per heavy atom. The number of nitrogens with two attached hydrogens (primary N) is 1. The number of hydrogen-bond acceptors (Lipinski definition) is 4. The van der Waals surface area contributed by atoms with Crippen LogP contribution in [0.2, 0.25) is 0 Å². The van der Waals surface area contributed by atoms with Crippen molar-refractivity contribution in [2.45, 2.75) is 32.4 Å². The van der Waals surface area contributed by atoms with E-state index in [2.05, 4.69) is 22.9 Å². The van der Waals surface area contributed by atoms with E-state index in [1.54, 1.807) is 11.3 Å². The van der Waals surface area contributed by atoms with Crippen LogP contribution < -0.4 is 15.2 Å². The molecule has 2 rings (SSSR count). The molecule has 5 heteroatoms. The van der Waals surface area contributed by atoms with Gasteiger partial charge in [-0.3, -0.25) is 0 Å². The van der Waals surface area contributed by atoms with Crippen molar-refractivity contribution in [1.82, 2.24) is 0 Å². The largest absolute Gasteiger partial charge is 0.490 e. The molecule has 2 aromatic rings. The maximum Gasteiger partial charge on any atom is 0.162 e. The van der Waals surface area contributed by atoms with Crippen LogP contribution in [0.4, 0.5) is 0 Å². The molecule has 0 saturated carbocycles. The molecule has 114 valence electrons. The zero-order valence-corrected chi connectivity index (χ0v) is 14.6. The molecule has 2 N–H and O–H groups in total. The first-order valence-electron chi connectivity index (χ1n) is 7.01. The summed E-state index contributed by atoms with van der Waals surface area (Å²) in [7, 11) is 0. The fourth-order valence-electron chi connectivity index (χ4n) is 1.92. The highest BCUT2D eigenvalue weighted by molar-refractivity contribution is 9.11. The van der Waals surface area contributed by atoms with Gasteiger partial charge in [-0.15, -0.1) is 11.3 Å². The highest BCUT2D eigenvalue weighted by Crippen LogP contribution is 2.35. The highest BCUT2D eigenvalue weighted by atomic mass is 79.9. The molecule has 1 aromatic heterocycles. The number of hydrogen-bond donors (Lipinski definition) is 1. The number of ether oxygens (including phenoxy) is 2. The van der Waals surface area contributed by atoms with Gasteiger partial charge < -0.3 is 15.2 Å². The quantitative estimate of drug-likeness (QED) is 0.764. The normalized spacial score (nSPS) is 13.7. The Hall–Kier alpha value is -1.04. The predicted molar refractivity (Wildman–Crippen MR) is 91.3 cm³/mol. The minimum Gasteiger partial charge on any atom is -0.490 e. The molecule has 0 saturated heterocycles. The third-order valence-electron chi connectivity index (χ3n) is 2.92. The Morgan fingerprint density at radius 2 is 1.90 bits per heavy atom. The van der Waals surface area contributed by atoms with Gasteiger partial charge in [0, 0.05) is 10.9 Å². The topological polar surface area (TPSA) is 44.5 Å². The SMILES string of the molecule is CCCOc1ccccc1OC(c1ccc(Br)s1)C(C)N. The molecular weight excluding hydrogens is 350 g/mol. The van der Waals surface area contributed by atoms with Crippen LogP contribution in [0.3, 0.4) is 0 Å². The zero-order chi connectivity index (χ0) is 15.2. The second kappa shape index (κ2) is 7.82. The van der Waals surface area contributed by atoms with Crippen molar-refractivity contribution in [3.05, 3.63) is 45.1 Å². The Bertz CT molecular complexity index is 571. The fraction of sp³-hybridized carbons (Fsp3) is 0.375. The molecule has 1 aromatic carbocycles. The number of halogens is 1. The summed E-state index contributed by atoms with van der Waals surface area (Å²) in [6, 6.07) is 11.7. The molecule has 0 radical (unpaired) electrons. The van der Waals surface area contributed by atoms with E-state index in [0.29, 0.717) is 6.61 Å². The van der Waals surface area contributed by atoms with E-state index >= 15 is 0 Å². The second-order valence-corrected chi connectivity index (χ2v) is 7.33. The first-order valence-corrected chi connectivity index (χ1v) is 8.62. The molecule has 0 aliphatic carbocycles. The van der Waals surface area contributed by atoms with Gasteiger partial charge in [0.25, 0.3) is 0 Å². The number of thiophene rings is 1. The van der Waals surface area contributed by atoms with Gasteiger partial charge in [0.1, 0.15) is 6.10 Å². The van der Waals surface area contributed by atoms with Crippen LogP contribution in [0.15, 0.2) is 40.2 Å². The van der Waals surface area contributed by atoms with Crippen LogP contribution >= 0.6 is 27.3 Å². The average molecular weight is 370 g/mol. The van der Waals surface area contributed by atoms with Crippen molar-refractivity contribution in [2.75, 3.05) is 6.61 Å². The van der Waals surface area contributed by atoms with Crippen molar-refractivity contribution in [3.63, 3.8) is 0 Å². The van der Waals surface area contributed by atoms with Crippen molar-refractivity contribution in [3.8, 4) is 11.5 Å². The molecular formula is C16H20BrNO2S. The van der Waals surface area contributed by atoms with Gasteiger partial charge in [-0.25, -0.2) is 0 Å². The molecule has 1 heterocycles. The van der Waals surface area contributed by atoms with Crippen LogP contribution in [-0.2, 0) is 0 Å². The highest BCUT2D eigenvalue weighted by Gasteiger charge is 2.21. The minimum absolute atomic E-state index is 0.116. The third kappa shape index (κ3) is 4.46. The maximum atomic E-state index is 6.14. The molecule has 0 spiro atoms. The summed E-state index contributed by atoms with van der Waals surface area (Å²) in [5.74, 6) is 1.50. The molecule has 0 aliphatic rings. The molecule has 2 unspecified atom stereocenters. The van der Waals surface area contributed by atoms with Crippen molar-refractivity contribution in [2.24, 2.45) is 5.73 Å². The van der Waals surface area contributed by atoms with Crippen LogP contribution in [0.25, 0.3) is 0 Å². The zero-order valence-electron chi connectivity index (χ0n) is 12.2. The minimum atomic E-state index is -0.187. The van der Waals surface area contributed by atoms with E-state index in [-0.39, 0.29) is 12.1 Å². The summed E-state index contributed by atoms with van der Waals surface area (Å²) >= 11 is 5.12. The number of para-hydroxylation sites is 2. The smallest absolute Gasteiger partial charge is 0.162 e. The van der Waals surface area contributed by atoms with E-state index in [1.807, 2.05) is 43.3 Å². The Balaban J connectivity index is 2.21. The van der Waals surface area contributed by atoms with E-state index in [4.69, 9.17) is 15.2 Å². The van der Waals surface area contributed by atoms with Crippen molar-refractivity contribution >= 4 is 27.3 Å². The van der Waals surface area contributed by atoms with Crippen molar-refractivity contribution in [1.29, 1.82) is 0 Å². The first kappa shape index (κ1) is 16.3. The Kier molecular flexibility index (Phi) is 6.08. The average Bonchev–Trinajstić information content (AvgIpc) is 2.89. The molecule has 2 atom stereocenters. The molecule has 0 fully saturated rings. The van der Waals surface area contributed by atoms with E-state index in [0.717, 1.165) is 26.6 Å². The summed E-state index contributed by atoms with van der Waals surface area (Å²) in [5, 5.41) is 0. The fourth-order valence-corrected chi connectivity index (χ4v) is 3.49. The van der Waals surface area contributed by atoms with Gasteiger partial charge in [0.2, 0.25) is 0 Å². The van der Waals surface area contributed by atoms with Crippen LogP contribution in [0.1, 0.15) is 31.2 Å². The van der Waals surface area contributed by atoms with Gasteiger partial charge in [-0.2, -0.15) is 0 Å². The first-order chi connectivity index (χ1) is 10.1. The lowest BCUT2D eigenvalue weighted by Gasteiger charge is -2.23. The molecule has 0 aliphatic heterocycles. The van der Waals surface area contributed by atoms with Gasteiger partial charge in [0.05, 0.1) is 10.4 Å². The number of benzene rings is 1. The van der Waals surface area contributed by atoms with E-state index < -0.39 is 0 Å². The molecule has 21 heavy (non-hydrogen) atoms. The lowest BCUT2D eigenvalue weighted by Crippen LogP contribution is -2.28. The third-order valence-corrected chi connectivity index (χ3v) is 4.60. The molecule has 3 nitrogen and oxygen atoms in total. The maximum absolute atomic E-state index is 6.14. The van der Waals surface area contributed by atoms with Gasteiger partial charge in [0.15, 0.2) is 11.5 Å². The predicted octanol–water partition coefficient (Wildman–Crippen LogP) is 4.77. The number of rotatable bonds is 7. The second-order valence-electron chi connectivity index (χ2n) is 4.83. The summed E-state index contributed by atoms with van der Waals surface area (Å²) < 4.78 is 13.0. The Labute approximate surface area is 138 Å². The monoisotopic (exact) mass is 369 g/mol. The van der Waals surface area contributed by atoms with E-state index in [1.165, 1.54) is 0 Å². The lowest BCUT2D eigenvalue weighted by atomic mass is 10.1. The van der Waals surface area contributed by atoms with Crippen molar-refractivity contribution < 1.29 is 9.47 Å². The summed E-state index contributed by atoms with van der Waals surface area (Å²) in [5.41, 5.74) is 6.10. The summed E-state index contributed by atoms with van der Waals surface area (Å²) in [6.07, 6.45) is 0.774. The van der Waals surface area contributed by atoms with Crippen LogP contribution in [-0.4, -0.2) is 12.6 Å². The van der Waals surface area contributed by atoms with E-state index in [9.17, 15) is 0 Å². The standard InChI is InChI=1S/C16H20BrNO2S/c1-3-10-19-12-6-4-5-7-13(12)20-16(11(2)18)14-8-9-15(17)21-14/h4-9,11,16H,3,10,18H2,1-2H3.